The third kappa shape index (κ3) is 2.40. The summed E-state index contributed by atoms with van der Waals surface area (Å²) >= 11 is 0. The molecule has 3 nitrogen and oxygen atoms in total. The SMILES string of the molecule is CCn1ccnc1CN1CCCC[C@@H]1C. The zero-order valence-electron chi connectivity index (χ0n) is 9.82. The first-order valence-corrected chi connectivity index (χ1v) is 6.05. The summed E-state index contributed by atoms with van der Waals surface area (Å²) in [6.45, 7) is 7.78. The van der Waals surface area contributed by atoms with Crippen molar-refractivity contribution in [2.24, 2.45) is 0 Å². The molecule has 1 aliphatic rings. The summed E-state index contributed by atoms with van der Waals surface area (Å²) in [7, 11) is 0. The van der Waals surface area contributed by atoms with Gasteiger partial charge in [-0.3, -0.25) is 4.90 Å². The highest BCUT2D eigenvalue weighted by Crippen LogP contribution is 2.18. The Balaban J connectivity index is 2.01. The minimum atomic E-state index is 0.723. The summed E-state index contributed by atoms with van der Waals surface area (Å²) < 4.78 is 2.24. The van der Waals surface area contributed by atoms with E-state index in [1.807, 2.05) is 6.20 Å². The summed E-state index contributed by atoms with van der Waals surface area (Å²) in [6, 6.07) is 0.723. The lowest BCUT2D eigenvalue weighted by molar-refractivity contribution is 0.147. The van der Waals surface area contributed by atoms with Gasteiger partial charge in [-0.15, -0.1) is 0 Å². The van der Waals surface area contributed by atoms with E-state index in [0.29, 0.717) is 0 Å². The van der Waals surface area contributed by atoms with Crippen LogP contribution in [0.1, 0.15) is 38.9 Å². The molecule has 1 aromatic heterocycles. The molecule has 0 radical (unpaired) electrons. The molecule has 0 aliphatic carbocycles. The molecule has 1 atom stereocenters. The molecule has 1 aliphatic heterocycles. The predicted octanol–water partition coefficient (Wildman–Crippen LogP) is 2.28. The molecule has 84 valence electrons. The molecule has 1 aromatic rings. The third-order valence-electron chi connectivity index (χ3n) is 3.43. The fraction of sp³-hybridized carbons (Fsp3) is 0.750. The van der Waals surface area contributed by atoms with Crippen LogP contribution in [0.2, 0.25) is 0 Å². The number of piperidine rings is 1. The molecule has 0 bridgehead atoms. The van der Waals surface area contributed by atoms with Crippen LogP contribution in [0.5, 0.6) is 0 Å². The number of imidazole rings is 1. The summed E-state index contributed by atoms with van der Waals surface area (Å²) in [5.74, 6) is 1.21. The number of nitrogens with zero attached hydrogens (tertiary/aromatic N) is 3. The zero-order chi connectivity index (χ0) is 10.7. The van der Waals surface area contributed by atoms with E-state index in [1.54, 1.807) is 0 Å². The molecule has 0 spiro atoms. The van der Waals surface area contributed by atoms with E-state index in [1.165, 1.54) is 31.6 Å². The summed E-state index contributed by atoms with van der Waals surface area (Å²) in [5.41, 5.74) is 0. The van der Waals surface area contributed by atoms with E-state index < -0.39 is 0 Å². The summed E-state index contributed by atoms with van der Waals surface area (Å²) in [4.78, 5) is 6.99. The average molecular weight is 207 g/mol. The third-order valence-corrected chi connectivity index (χ3v) is 3.43. The average Bonchev–Trinajstić information content (AvgIpc) is 2.69. The minimum Gasteiger partial charge on any atom is -0.334 e. The summed E-state index contributed by atoms with van der Waals surface area (Å²) in [6.07, 6.45) is 8.06. The highest BCUT2D eigenvalue weighted by atomic mass is 15.2. The maximum Gasteiger partial charge on any atom is 0.122 e. The van der Waals surface area contributed by atoms with Crippen molar-refractivity contribution in [1.82, 2.24) is 14.5 Å². The van der Waals surface area contributed by atoms with Gasteiger partial charge in [-0.25, -0.2) is 4.98 Å². The number of hydrogen-bond acceptors (Lipinski definition) is 2. The number of likely N-dealkylation sites (tertiary alicyclic amines) is 1. The van der Waals surface area contributed by atoms with Gasteiger partial charge in [0.25, 0.3) is 0 Å². The lowest BCUT2D eigenvalue weighted by atomic mass is 10.0. The van der Waals surface area contributed by atoms with Gasteiger partial charge >= 0.3 is 0 Å². The molecule has 0 aromatic carbocycles. The van der Waals surface area contributed by atoms with Crippen LogP contribution in [-0.4, -0.2) is 27.0 Å². The molecular weight excluding hydrogens is 186 g/mol. The molecule has 0 saturated carbocycles. The minimum absolute atomic E-state index is 0.723. The Morgan fingerprint density at radius 3 is 3.07 bits per heavy atom. The van der Waals surface area contributed by atoms with Crippen molar-refractivity contribution in [1.29, 1.82) is 0 Å². The summed E-state index contributed by atoms with van der Waals surface area (Å²) in [5, 5.41) is 0. The van der Waals surface area contributed by atoms with Gasteiger partial charge in [0.15, 0.2) is 0 Å². The van der Waals surface area contributed by atoms with Crippen molar-refractivity contribution in [3.8, 4) is 0 Å². The second-order valence-electron chi connectivity index (χ2n) is 4.44. The molecule has 0 unspecified atom stereocenters. The number of aromatic nitrogens is 2. The van der Waals surface area contributed by atoms with Crippen molar-refractivity contribution in [3.05, 3.63) is 18.2 Å². The lowest BCUT2D eigenvalue weighted by Crippen LogP contribution is -2.37. The molecule has 2 heterocycles. The highest BCUT2D eigenvalue weighted by Gasteiger charge is 2.19. The van der Waals surface area contributed by atoms with Gasteiger partial charge in [-0.2, -0.15) is 0 Å². The topological polar surface area (TPSA) is 21.1 Å². The van der Waals surface area contributed by atoms with E-state index >= 15 is 0 Å². The second kappa shape index (κ2) is 4.79. The normalized spacial score (nSPS) is 23.2. The number of aryl methyl sites for hydroxylation is 1. The Hall–Kier alpha value is -0.830. The molecular formula is C12H21N3. The van der Waals surface area contributed by atoms with Crippen LogP contribution in [0.25, 0.3) is 0 Å². The fourth-order valence-corrected chi connectivity index (χ4v) is 2.35. The van der Waals surface area contributed by atoms with Crippen LogP contribution in [0.3, 0.4) is 0 Å². The van der Waals surface area contributed by atoms with Crippen LogP contribution < -0.4 is 0 Å². The van der Waals surface area contributed by atoms with Gasteiger partial charge in [0, 0.05) is 25.0 Å². The van der Waals surface area contributed by atoms with Gasteiger partial charge in [-0.05, 0) is 33.2 Å². The van der Waals surface area contributed by atoms with E-state index in [4.69, 9.17) is 0 Å². The Labute approximate surface area is 92.1 Å². The molecule has 0 N–H and O–H groups in total. The first-order chi connectivity index (χ1) is 7.31. The standard InChI is InChI=1S/C12H21N3/c1-3-14-9-7-13-12(14)10-15-8-5-4-6-11(15)2/h7,9,11H,3-6,8,10H2,1-2H3/t11-/m0/s1. The van der Waals surface area contributed by atoms with E-state index in [-0.39, 0.29) is 0 Å². The smallest absolute Gasteiger partial charge is 0.122 e. The molecule has 2 rings (SSSR count). The van der Waals surface area contributed by atoms with Crippen LogP contribution >= 0.6 is 0 Å². The predicted molar refractivity (Wildman–Crippen MR) is 61.6 cm³/mol. The van der Waals surface area contributed by atoms with Crippen molar-refractivity contribution in [2.45, 2.75) is 52.2 Å². The van der Waals surface area contributed by atoms with Crippen molar-refractivity contribution >= 4 is 0 Å². The van der Waals surface area contributed by atoms with Crippen LogP contribution in [-0.2, 0) is 13.1 Å². The molecule has 1 saturated heterocycles. The molecule has 0 amide bonds. The van der Waals surface area contributed by atoms with E-state index in [2.05, 4.69) is 34.5 Å². The first kappa shape index (κ1) is 10.7. The van der Waals surface area contributed by atoms with Crippen LogP contribution in [0, 0.1) is 0 Å². The Morgan fingerprint density at radius 1 is 1.47 bits per heavy atom. The Kier molecular flexibility index (Phi) is 3.41. The zero-order valence-corrected chi connectivity index (χ0v) is 9.82. The van der Waals surface area contributed by atoms with Crippen molar-refractivity contribution in [3.63, 3.8) is 0 Å². The number of rotatable bonds is 3. The lowest BCUT2D eigenvalue weighted by Gasteiger charge is -2.32. The van der Waals surface area contributed by atoms with Crippen molar-refractivity contribution < 1.29 is 0 Å². The maximum atomic E-state index is 4.44. The van der Waals surface area contributed by atoms with Gasteiger partial charge in [-0.1, -0.05) is 6.42 Å². The van der Waals surface area contributed by atoms with E-state index in [0.717, 1.165) is 19.1 Å². The first-order valence-electron chi connectivity index (χ1n) is 6.05. The monoisotopic (exact) mass is 207 g/mol. The van der Waals surface area contributed by atoms with Gasteiger partial charge in [0.05, 0.1) is 6.54 Å². The van der Waals surface area contributed by atoms with Gasteiger partial charge in [0.1, 0.15) is 5.82 Å². The maximum absolute atomic E-state index is 4.44. The molecule has 3 heteroatoms. The Bertz CT molecular complexity index is 306. The second-order valence-corrected chi connectivity index (χ2v) is 4.44. The van der Waals surface area contributed by atoms with Crippen LogP contribution in [0.15, 0.2) is 12.4 Å². The van der Waals surface area contributed by atoms with Gasteiger partial charge < -0.3 is 4.57 Å². The molecule has 1 fully saturated rings. The quantitative estimate of drug-likeness (QED) is 0.758. The highest BCUT2D eigenvalue weighted by molar-refractivity contribution is 4.93. The van der Waals surface area contributed by atoms with Gasteiger partial charge in [0.2, 0.25) is 0 Å². The van der Waals surface area contributed by atoms with E-state index in [9.17, 15) is 0 Å². The largest absolute Gasteiger partial charge is 0.334 e. The van der Waals surface area contributed by atoms with Crippen LogP contribution in [0.4, 0.5) is 0 Å². The number of hydrogen-bond donors (Lipinski definition) is 0. The fourth-order valence-electron chi connectivity index (χ4n) is 2.35. The molecule has 15 heavy (non-hydrogen) atoms. The van der Waals surface area contributed by atoms with Crippen molar-refractivity contribution in [2.75, 3.05) is 6.54 Å². The Morgan fingerprint density at radius 2 is 2.33 bits per heavy atom.